The predicted octanol–water partition coefficient (Wildman–Crippen LogP) is 0.328. The van der Waals surface area contributed by atoms with Crippen LogP contribution < -0.4 is 11.1 Å². The zero-order chi connectivity index (χ0) is 17.4. The molecule has 0 saturated carbocycles. The highest BCUT2D eigenvalue weighted by atomic mass is 16.5. The Morgan fingerprint density at radius 3 is 2.83 bits per heavy atom. The van der Waals surface area contributed by atoms with E-state index in [4.69, 9.17) is 15.5 Å². The summed E-state index contributed by atoms with van der Waals surface area (Å²) < 4.78 is 5.42. The van der Waals surface area contributed by atoms with Crippen molar-refractivity contribution in [3.8, 4) is 0 Å². The van der Waals surface area contributed by atoms with Crippen molar-refractivity contribution in [3.63, 3.8) is 0 Å². The van der Waals surface area contributed by atoms with Gasteiger partial charge in [-0.05, 0) is 38.5 Å². The van der Waals surface area contributed by atoms with E-state index >= 15 is 0 Å². The fourth-order valence-corrected chi connectivity index (χ4v) is 3.55. The normalized spacial score (nSPS) is 24.7. The average Bonchev–Trinajstić information content (AvgIpc) is 2.59. The molecule has 0 aromatic heterocycles. The van der Waals surface area contributed by atoms with Crippen LogP contribution in [0.3, 0.4) is 0 Å². The van der Waals surface area contributed by atoms with Crippen LogP contribution in [0, 0.1) is 11.3 Å². The molecule has 7 heteroatoms. The first-order chi connectivity index (χ1) is 11.6. The Labute approximate surface area is 144 Å². The quantitative estimate of drug-likeness (QED) is 0.478. The van der Waals surface area contributed by atoms with Gasteiger partial charge in [0.05, 0.1) is 13.2 Å². The number of aliphatic hydroxyl groups is 1. The smallest absolute Gasteiger partial charge is 0.217 e. The molecule has 1 unspecified atom stereocenters. The summed E-state index contributed by atoms with van der Waals surface area (Å²) in [5.74, 6) is 0.950. The number of nitrogens with two attached hydrogens (primary N) is 1. The summed E-state index contributed by atoms with van der Waals surface area (Å²) in [7, 11) is 0. The summed E-state index contributed by atoms with van der Waals surface area (Å²) >= 11 is 0. The highest BCUT2D eigenvalue weighted by Crippen LogP contribution is 2.30. The number of hydrogen-bond acceptors (Lipinski definition) is 4. The number of amides is 1. The average molecular weight is 340 g/mol. The Kier molecular flexibility index (Phi) is 7.30. The van der Waals surface area contributed by atoms with E-state index in [-0.39, 0.29) is 17.9 Å². The van der Waals surface area contributed by atoms with E-state index in [1.54, 1.807) is 0 Å². The Morgan fingerprint density at radius 2 is 2.21 bits per heavy atom. The van der Waals surface area contributed by atoms with E-state index < -0.39 is 0 Å². The van der Waals surface area contributed by atoms with Gasteiger partial charge in [0.15, 0.2) is 5.96 Å². The van der Waals surface area contributed by atoms with Crippen molar-refractivity contribution in [1.29, 1.82) is 0 Å². The van der Waals surface area contributed by atoms with E-state index in [0.29, 0.717) is 32.1 Å². The van der Waals surface area contributed by atoms with Crippen LogP contribution in [0.2, 0.25) is 0 Å². The summed E-state index contributed by atoms with van der Waals surface area (Å²) in [5, 5.41) is 13.2. The number of rotatable bonds is 6. The fraction of sp³-hybridized carbons (Fsp3) is 0.882. The van der Waals surface area contributed by atoms with Crippen LogP contribution in [-0.2, 0) is 9.53 Å². The number of guanidine groups is 1. The number of carbonyl (C=O) groups is 1. The van der Waals surface area contributed by atoms with Crippen molar-refractivity contribution in [2.75, 3.05) is 46.0 Å². The minimum absolute atomic E-state index is 0.142. The third-order valence-electron chi connectivity index (χ3n) is 5.10. The number of nitrogens with one attached hydrogen (secondary N) is 1. The number of likely N-dealkylation sites (tertiary alicyclic amines) is 1. The maximum Gasteiger partial charge on any atom is 0.217 e. The molecule has 0 bridgehead atoms. The van der Waals surface area contributed by atoms with Gasteiger partial charge < -0.3 is 25.8 Å². The molecule has 1 atom stereocenters. The molecule has 0 spiro atoms. The van der Waals surface area contributed by atoms with Gasteiger partial charge in [-0.25, -0.2) is 0 Å². The second-order valence-electron chi connectivity index (χ2n) is 7.07. The second-order valence-corrected chi connectivity index (χ2v) is 7.07. The summed E-state index contributed by atoms with van der Waals surface area (Å²) in [4.78, 5) is 18.2. The van der Waals surface area contributed by atoms with Crippen molar-refractivity contribution in [1.82, 2.24) is 10.2 Å². The number of primary amides is 1. The first-order valence-corrected chi connectivity index (χ1v) is 9.09. The van der Waals surface area contributed by atoms with Crippen molar-refractivity contribution in [3.05, 3.63) is 0 Å². The van der Waals surface area contributed by atoms with E-state index in [9.17, 15) is 9.90 Å². The lowest BCUT2D eigenvalue weighted by molar-refractivity contribution is -0.119. The Morgan fingerprint density at radius 1 is 1.46 bits per heavy atom. The first-order valence-electron chi connectivity index (χ1n) is 9.09. The topological polar surface area (TPSA) is 100 Å². The molecule has 2 fully saturated rings. The lowest BCUT2D eigenvalue weighted by atomic mass is 9.81. The SMILES string of the molecule is CCNC(=NCC1(CO)CCOCC1)N1CCCC(CC(N)=O)C1. The van der Waals surface area contributed by atoms with Gasteiger partial charge in [0.2, 0.25) is 5.91 Å². The van der Waals surface area contributed by atoms with Gasteiger partial charge in [0, 0.05) is 44.7 Å². The number of hydrogen-bond donors (Lipinski definition) is 3. The first kappa shape index (κ1) is 19.0. The minimum Gasteiger partial charge on any atom is -0.396 e. The van der Waals surface area contributed by atoms with Gasteiger partial charge >= 0.3 is 0 Å². The number of aliphatic imine (C=N–C) groups is 1. The lowest BCUT2D eigenvalue weighted by Crippen LogP contribution is -2.48. The van der Waals surface area contributed by atoms with Gasteiger partial charge in [0.25, 0.3) is 0 Å². The predicted molar refractivity (Wildman–Crippen MR) is 93.7 cm³/mol. The zero-order valence-electron chi connectivity index (χ0n) is 14.8. The third-order valence-corrected chi connectivity index (χ3v) is 5.10. The van der Waals surface area contributed by atoms with Crippen LogP contribution in [0.4, 0.5) is 0 Å². The monoisotopic (exact) mass is 340 g/mol. The van der Waals surface area contributed by atoms with Crippen LogP contribution in [0.15, 0.2) is 4.99 Å². The number of carbonyl (C=O) groups excluding carboxylic acids is 1. The molecule has 0 radical (unpaired) electrons. The minimum atomic E-state index is -0.231. The second kappa shape index (κ2) is 9.22. The maximum atomic E-state index is 11.2. The molecule has 24 heavy (non-hydrogen) atoms. The molecule has 2 aliphatic rings. The van der Waals surface area contributed by atoms with Crippen molar-refractivity contribution in [2.45, 2.75) is 39.0 Å². The van der Waals surface area contributed by atoms with E-state index in [1.165, 1.54) is 0 Å². The van der Waals surface area contributed by atoms with Crippen LogP contribution in [-0.4, -0.2) is 67.9 Å². The van der Waals surface area contributed by atoms with Gasteiger partial charge in [-0.1, -0.05) is 0 Å². The fourth-order valence-electron chi connectivity index (χ4n) is 3.55. The number of ether oxygens (including phenoxy) is 1. The molecular formula is C17H32N4O3. The molecule has 138 valence electrons. The van der Waals surface area contributed by atoms with Gasteiger partial charge in [-0.15, -0.1) is 0 Å². The largest absolute Gasteiger partial charge is 0.396 e. The van der Waals surface area contributed by atoms with Gasteiger partial charge in [-0.3, -0.25) is 9.79 Å². The van der Waals surface area contributed by atoms with E-state index in [2.05, 4.69) is 17.1 Å². The summed E-state index contributed by atoms with van der Waals surface area (Å²) in [6, 6.07) is 0. The highest BCUT2D eigenvalue weighted by molar-refractivity contribution is 5.80. The molecule has 7 nitrogen and oxygen atoms in total. The Balaban J connectivity index is 2.02. The third kappa shape index (κ3) is 5.34. The van der Waals surface area contributed by atoms with Crippen molar-refractivity contribution in [2.24, 2.45) is 22.1 Å². The van der Waals surface area contributed by atoms with Gasteiger partial charge in [0.1, 0.15) is 0 Å². The Hall–Kier alpha value is -1.34. The number of piperidine rings is 1. The van der Waals surface area contributed by atoms with Crippen LogP contribution in [0.1, 0.15) is 39.0 Å². The van der Waals surface area contributed by atoms with Crippen molar-refractivity contribution >= 4 is 11.9 Å². The molecule has 1 amide bonds. The summed E-state index contributed by atoms with van der Waals surface area (Å²) in [5.41, 5.74) is 5.19. The summed E-state index contributed by atoms with van der Waals surface area (Å²) in [6.07, 6.45) is 4.21. The molecule has 2 heterocycles. The van der Waals surface area contributed by atoms with Crippen LogP contribution in [0.25, 0.3) is 0 Å². The molecule has 4 N–H and O–H groups in total. The highest BCUT2D eigenvalue weighted by Gasteiger charge is 2.32. The maximum absolute atomic E-state index is 11.2. The standard InChI is InChI=1S/C17H32N4O3/c1-2-19-16(20-12-17(13-22)5-8-24-9-6-17)21-7-3-4-14(11-21)10-15(18)23/h14,22H,2-13H2,1H3,(H2,18,23)(H,19,20). The molecule has 2 saturated heterocycles. The van der Waals surface area contributed by atoms with Crippen LogP contribution in [0.5, 0.6) is 0 Å². The molecule has 0 aliphatic carbocycles. The van der Waals surface area contributed by atoms with E-state index in [0.717, 1.165) is 51.3 Å². The molecule has 0 aromatic rings. The van der Waals surface area contributed by atoms with E-state index in [1.807, 2.05) is 0 Å². The van der Waals surface area contributed by atoms with Crippen LogP contribution >= 0.6 is 0 Å². The molecule has 0 aromatic carbocycles. The number of nitrogens with zero attached hydrogens (tertiary/aromatic N) is 2. The lowest BCUT2D eigenvalue weighted by Gasteiger charge is -2.37. The number of aliphatic hydroxyl groups excluding tert-OH is 1. The zero-order valence-corrected chi connectivity index (χ0v) is 14.8. The molecule has 2 rings (SSSR count). The summed E-state index contributed by atoms with van der Waals surface area (Å²) in [6.45, 7) is 6.73. The van der Waals surface area contributed by atoms with Crippen molar-refractivity contribution < 1.29 is 14.6 Å². The Bertz CT molecular complexity index is 436. The van der Waals surface area contributed by atoms with Gasteiger partial charge in [-0.2, -0.15) is 0 Å². The molecular weight excluding hydrogens is 308 g/mol. The molecule has 2 aliphatic heterocycles.